The van der Waals surface area contributed by atoms with E-state index in [4.69, 9.17) is 10.5 Å². The van der Waals surface area contributed by atoms with Crippen LogP contribution in [0.2, 0.25) is 0 Å². The molecule has 1 aromatic rings. The summed E-state index contributed by atoms with van der Waals surface area (Å²) in [5.74, 6) is 1.40. The molecule has 2 rings (SSSR count). The molecule has 0 amide bonds. The molecule has 1 fully saturated rings. The van der Waals surface area contributed by atoms with Gasteiger partial charge in [0.25, 0.3) is 0 Å². The van der Waals surface area contributed by atoms with Crippen LogP contribution in [0.5, 0.6) is 5.75 Å². The predicted octanol–water partition coefficient (Wildman–Crippen LogP) is 1.60. The second kappa shape index (κ2) is 5.38. The minimum absolute atomic E-state index is 0.114. The van der Waals surface area contributed by atoms with Crippen LogP contribution in [0.4, 0.5) is 5.69 Å². The first-order chi connectivity index (χ1) is 8.94. The summed E-state index contributed by atoms with van der Waals surface area (Å²) in [6.07, 6.45) is 1.08. The summed E-state index contributed by atoms with van der Waals surface area (Å²) in [4.78, 5) is 0.114. The molecule has 19 heavy (non-hydrogen) atoms. The van der Waals surface area contributed by atoms with E-state index in [0.29, 0.717) is 36.4 Å². The summed E-state index contributed by atoms with van der Waals surface area (Å²) >= 11 is 0. The fourth-order valence-electron chi connectivity index (χ4n) is 1.99. The van der Waals surface area contributed by atoms with Crippen LogP contribution in [0.25, 0.3) is 0 Å². The molecule has 0 heterocycles. The van der Waals surface area contributed by atoms with Crippen LogP contribution >= 0.6 is 0 Å². The van der Waals surface area contributed by atoms with E-state index >= 15 is 0 Å². The minimum atomic E-state index is -3.57. The Balaban J connectivity index is 2.20. The zero-order valence-electron chi connectivity index (χ0n) is 11.2. The molecule has 0 bridgehead atoms. The van der Waals surface area contributed by atoms with Gasteiger partial charge < -0.3 is 10.5 Å². The maximum absolute atomic E-state index is 12.3. The Bertz CT molecular complexity index is 557. The highest BCUT2D eigenvalue weighted by Gasteiger charge is 2.33. The predicted molar refractivity (Wildman–Crippen MR) is 74.5 cm³/mol. The van der Waals surface area contributed by atoms with Gasteiger partial charge in [-0.15, -0.1) is 0 Å². The third kappa shape index (κ3) is 3.39. The summed E-state index contributed by atoms with van der Waals surface area (Å²) in [7, 11) is -3.57. The standard InChI is InChI=1S/C13H20N2O3S/c1-3-18-12-5-4-11(14)7-13(12)19(16,17)15-8-10-6-9(10)2/h4-5,7,9-10,15H,3,6,8,14H2,1-2H3. The Morgan fingerprint density at radius 3 is 2.74 bits per heavy atom. The SMILES string of the molecule is CCOc1ccc(N)cc1S(=O)(=O)NCC1CC1C. The van der Waals surface area contributed by atoms with Gasteiger partial charge in [-0.2, -0.15) is 0 Å². The average molecular weight is 284 g/mol. The Hall–Kier alpha value is -1.27. The fraction of sp³-hybridized carbons (Fsp3) is 0.538. The molecule has 1 aromatic carbocycles. The Morgan fingerprint density at radius 2 is 2.16 bits per heavy atom. The van der Waals surface area contributed by atoms with Crippen molar-refractivity contribution >= 4 is 15.7 Å². The van der Waals surface area contributed by atoms with Crippen LogP contribution in [-0.4, -0.2) is 21.6 Å². The molecule has 2 unspecified atom stereocenters. The minimum Gasteiger partial charge on any atom is -0.492 e. The Labute approximate surface area is 114 Å². The number of nitrogens with one attached hydrogen (secondary N) is 1. The Kier molecular flexibility index (Phi) is 4.01. The van der Waals surface area contributed by atoms with Crippen LogP contribution in [0.15, 0.2) is 23.1 Å². The molecule has 6 heteroatoms. The van der Waals surface area contributed by atoms with E-state index < -0.39 is 10.0 Å². The van der Waals surface area contributed by atoms with E-state index in [0.717, 1.165) is 6.42 Å². The lowest BCUT2D eigenvalue weighted by molar-refractivity contribution is 0.331. The molecule has 1 aliphatic rings. The summed E-state index contributed by atoms with van der Waals surface area (Å²) in [5.41, 5.74) is 6.07. The molecule has 5 nitrogen and oxygen atoms in total. The van der Waals surface area contributed by atoms with Crippen molar-refractivity contribution in [3.05, 3.63) is 18.2 Å². The number of rotatable bonds is 6. The van der Waals surface area contributed by atoms with Gasteiger partial charge >= 0.3 is 0 Å². The van der Waals surface area contributed by atoms with Gasteiger partial charge in [-0.1, -0.05) is 6.92 Å². The van der Waals surface area contributed by atoms with Crippen LogP contribution in [0.1, 0.15) is 20.3 Å². The van der Waals surface area contributed by atoms with E-state index in [1.807, 2.05) is 6.92 Å². The van der Waals surface area contributed by atoms with Crippen molar-refractivity contribution in [3.8, 4) is 5.75 Å². The molecule has 1 saturated carbocycles. The number of anilines is 1. The van der Waals surface area contributed by atoms with Crippen molar-refractivity contribution in [2.75, 3.05) is 18.9 Å². The normalized spacial score (nSPS) is 22.2. The van der Waals surface area contributed by atoms with E-state index in [1.54, 1.807) is 12.1 Å². The number of ether oxygens (including phenoxy) is 1. The van der Waals surface area contributed by atoms with Crippen molar-refractivity contribution in [1.82, 2.24) is 4.72 Å². The first-order valence-corrected chi connectivity index (χ1v) is 7.94. The highest BCUT2D eigenvalue weighted by atomic mass is 32.2. The first-order valence-electron chi connectivity index (χ1n) is 6.46. The summed E-state index contributed by atoms with van der Waals surface area (Å²) < 4.78 is 32.5. The highest BCUT2D eigenvalue weighted by molar-refractivity contribution is 7.89. The first kappa shape index (κ1) is 14.1. The van der Waals surface area contributed by atoms with Crippen molar-refractivity contribution in [2.24, 2.45) is 11.8 Å². The average Bonchev–Trinajstić information content (AvgIpc) is 3.06. The second-order valence-corrected chi connectivity index (χ2v) is 6.70. The lowest BCUT2D eigenvalue weighted by Gasteiger charge is -2.12. The van der Waals surface area contributed by atoms with Crippen LogP contribution in [-0.2, 0) is 10.0 Å². The van der Waals surface area contributed by atoms with E-state index in [-0.39, 0.29) is 4.90 Å². The van der Waals surface area contributed by atoms with E-state index in [1.165, 1.54) is 6.07 Å². The number of benzene rings is 1. The number of hydrogen-bond acceptors (Lipinski definition) is 4. The zero-order chi connectivity index (χ0) is 14.0. The van der Waals surface area contributed by atoms with Crippen LogP contribution in [0.3, 0.4) is 0 Å². The number of nitrogen functional groups attached to an aromatic ring is 1. The lowest BCUT2D eigenvalue weighted by Crippen LogP contribution is -2.26. The summed E-state index contributed by atoms with van der Waals surface area (Å²) in [5, 5.41) is 0. The van der Waals surface area contributed by atoms with Crippen molar-refractivity contribution in [2.45, 2.75) is 25.2 Å². The third-order valence-electron chi connectivity index (χ3n) is 3.37. The maximum atomic E-state index is 12.3. The topological polar surface area (TPSA) is 81.4 Å². The molecular formula is C13H20N2O3S. The van der Waals surface area contributed by atoms with Crippen LogP contribution in [0, 0.1) is 11.8 Å². The zero-order valence-corrected chi connectivity index (χ0v) is 12.0. The summed E-state index contributed by atoms with van der Waals surface area (Å²) in [6, 6.07) is 4.66. The molecule has 1 aliphatic carbocycles. The molecule has 0 saturated heterocycles. The number of hydrogen-bond donors (Lipinski definition) is 2. The largest absolute Gasteiger partial charge is 0.492 e. The van der Waals surface area contributed by atoms with Gasteiger partial charge in [0.2, 0.25) is 10.0 Å². The van der Waals surface area contributed by atoms with Gasteiger partial charge in [0.1, 0.15) is 10.6 Å². The van der Waals surface area contributed by atoms with Crippen molar-refractivity contribution in [1.29, 1.82) is 0 Å². The molecular weight excluding hydrogens is 264 g/mol. The smallest absolute Gasteiger partial charge is 0.244 e. The molecule has 3 N–H and O–H groups in total. The van der Waals surface area contributed by atoms with Gasteiger partial charge in [-0.3, -0.25) is 0 Å². The highest BCUT2D eigenvalue weighted by Crippen LogP contribution is 2.37. The maximum Gasteiger partial charge on any atom is 0.244 e. The van der Waals surface area contributed by atoms with Crippen molar-refractivity contribution < 1.29 is 13.2 Å². The van der Waals surface area contributed by atoms with Gasteiger partial charge in [-0.25, -0.2) is 13.1 Å². The second-order valence-electron chi connectivity index (χ2n) is 4.96. The van der Waals surface area contributed by atoms with E-state index in [2.05, 4.69) is 11.6 Å². The molecule has 0 aliphatic heterocycles. The molecule has 106 valence electrons. The van der Waals surface area contributed by atoms with Gasteiger partial charge in [0.05, 0.1) is 6.61 Å². The quantitative estimate of drug-likeness (QED) is 0.777. The van der Waals surface area contributed by atoms with Gasteiger partial charge in [0, 0.05) is 12.2 Å². The molecule has 0 radical (unpaired) electrons. The van der Waals surface area contributed by atoms with Crippen LogP contribution < -0.4 is 15.2 Å². The summed E-state index contributed by atoms with van der Waals surface area (Å²) in [6.45, 7) is 4.81. The van der Waals surface area contributed by atoms with E-state index in [9.17, 15) is 8.42 Å². The van der Waals surface area contributed by atoms with Gasteiger partial charge in [0.15, 0.2) is 0 Å². The molecule has 0 spiro atoms. The Morgan fingerprint density at radius 1 is 1.47 bits per heavy atom. The van der Waals surface area contributed by atoms with Gasteiger partial charge in [-0.05, 0) is 43.4 Å². The molecule has 2 atom stereocenters. The number of nitrogens with two attached hydrogens (primary N) is 1. The molecule has 0 aromatic heterocycles. The van der Waals surface area contributed by atoms with Crippen molar-refractivity contribution in [3.63, 3.8) is 0 Å². The third-order valence-corrected chi connectivity index (χ3v) is 4.81. The fourth-order valence-corrected chi connectivity index (χ4v) is 3.26. The lowest BCUT2D eigenvalue weighted by atomic mass is 10.3. The number of sulfonamides is 1. The monoisotopic (exact) mass is 284 g/mol.